The topological polar surface area (TPSA) is 61.9 Å². The van der Waals surface area contributed by atoms with E-state index in [0.717, 1.165) is 26.2 Å². The van der Waals surface area contributed by atoms with Crippen molar-refractivity contribution in [3.8, 4) is 0 Å². The van der Waals surface area contributed by atoms with Gasteiger partial charge in [-0.2, -0.15) is 0 Å². The highest BCUT2D eigenvalue weighted by atomic mass is 16.2. The van der Waals surface area contributed by atoms with Crippen LogP contribution in [0.25, 0.3) is 0 Å². The first-order valence-corrected chi connectivity index (χ1v) is 4.95. The molecule has 0 saturated carbocycles. The first kappa shape index (κ1) is 10.8. The number of carbonyl (C=O) groups is 1. The third kappa shape index (κ3) is 2.61. The lowest BCUT2D eigenvalue weighted by molar-refractivity contribution is -0.130. The number of hydrogen-bond acceptors (Lipinski definition) is 2. The van der Waals surface area contributed by atoms with Gasteiger partial charge < -0.3 is 15.5 Å². The minimum atomic E-state index is 0.135. The molecule has 0 bridgehead atoms. The fourth-order valence-corrected chi connectivity index (χ4v) is 1.51. The van der Waals surface area contributed by atoms with Crippen molar-refractivity contribution in [1.29, 1.82) is 0 Å². The summed E-state index contributed by atoms with van der Waals surface area (Å²) in [5.74, 6) is 0.728. The fraction of sp³-hybridized carbons (Fsp3) is 0.778. The van der Waals surface area contributed by atoms with Crippen LogP contribution in [0.5, 0.6) is 0 Å². The number of aliphatic imine (C=N–C) groups is 1. The molecular formula is C9H18N4O. The zero-order valence-corrected chi connectivity index (χ0v) is 8.86. The molecule has 1 aliphatic rings. The maximum absolute atomic E-state index is 11.0. The van der Waals surface area contributed by atoms with Gasteiger partial charge in [0.1, 0.15) is 0 Å². The van der Waals surface area contributed by atoms with Crippen LogP contribution in [0.15, 0.2) is 4.99 Å². The molecule has 1 fully saturated rings. The minimum Gasteiger partial charge on any atom is -0.370 e. The van der Waals surface area contributed by atoms with E-state index in [0.29, 0.717) is 12.5 Å². The number of nitrogens with two attached hydrogens (primary N) is 1. The highest BCUT2D eigenvalue weighted by molar-refractivity contribution is 5.79. The summed E-state index contributed by atoms with van der Waals surface area (Å²) in [5.41, 5.74) is 5.75. The Bertz CT molecular complexity index is 231. The average molecular weight is 198 g/mol. The number of hydrogen-bond donors (Lipinski definition) is 1. The van der Waals surface area contributed by atoms with Gasteiger partial charge in [-0.25, -0.2) is 0 Å². The van der Waals surface area contributed by atoms with Crippen LogP contribution in [0.1, 0.15) is 13.8 Å². The summed E-state index contributed by atoms with van der Waals surface area (Å²) in [7, 11) is 0. The summed E-state index contributed by atoms with van der Waals surface area (Å²) in [6, 6.07) is 0. The summed E-state index contributed by atoms with van der Waals surface area (Å²) < 4.78 is 0. The Kier molecular flexibility index (Phi) is 3.73. The van der Waals surface area contributed by atoms with Crippen molar-refractivity contribution >= 4 is 11.9 Å². The van der Waals surface area contributed by atoms with E-state index in [9.17, 15) is 4.79 Å². The van der Waals surface area contributed by atoms with Crippen LogP contribution in [0.2, 0.25) is 0 Å². The molecule has 0 radical (unpaired) electrons. The molecule has 5 heteroatoms. The number of carbonyl (C=O) groups excluding carboxylic acids is 1. The molecule has 1 amide bonds. The molecule has 80 valence electrons. The summed E-state index contributed by atoms with van der Waals surface area (Å²) in [4.78, 5) is 19.0. The van der Waals surface area contributed by atoms with E-state index in [2.05, 4.69) is 4.99 Å². The Labute approximate surface area is 84.6 Å². The van der Waals surface area contributed by atoms with E-state index in [4.69, 9.17) is 5.73 Å². The number of piperazine rings is 1. The monoisotopic (exact) mass is 198 g/mol. The molecule has 1 saturated heterocycles. The second kappa shape index (κ2) is 4.83. The van der Waals surface area contributed by atoms with E-state index >= 15 is 0 Å². The standard InChI is InChI=1S/C9H18N4O/c1-3-11-9(10)13-6-4-12(5-7-13)8(2)14/h3-7H2,1-2H3,(H2,10,11). The summed E-state index contributed by atoms with van der Waals surface area (Å²) in [6.07, 6.45) is 0. The SMILES string of the molecule is CCN=C(N)N1CCN(C(C)=O)CC1. The van der Waals surface area contributed by atoms with Gasteiger partial charge in [-0.15, -0.1) is 0 Å². The zero-order valence-electron chi connectivity index (χ0n) is 8.86. The maximum atomic E-state index is 11.0. The lowest BCUT2D eigenvalue weighted by Gasteiger charge is -2.34. The second-order valence-corrected chi connectivity index (χ2v) is 3.33. The quantitative estimate of drug-likeness (QED) is 0.456. The maximum Gasteiger partial charge on any atom is 0.219 e. The largest absolute Gasteiger partial charge is 0.370 e. The van der Waals surface area contributed by atoms with Crippen molar-refractivity contribution in [2.24, 2.45) is 10.7 Å². The third-order valence-electron chi connectivity index (χ3n) is 2.37. The van der Waals surface area contributed by atoms with Gasteiger partial charge in [0, 0.05) is 39.6 Å². The van der Waals surface area contributed by atoms with E-state index in [1.165, 1.54) is 0 Å². The molecule has 0 aromatic heterocycles. The number of nitrogens with zero attached hydrogens (tertiary/aromatic N) is 3. The number of guanidine groups is 1. The molecule has 0 aromatic carbocycles. The predicted molar refractivity (Wildman–Crippen MR) is 56.0 cm³/mol. The molecule has 0 aliphatic carbocycles. The highest BCUT2D eigenvalue weighted by Gasteiger charge is 2.19. The summed E-state index contributed by atoms with van der Waals surface area (Å²) >= 11 is 0. The van der Waals surface area contributed by atoms with Gasteiger partial charge in [0.05, 0.1) is 0 Å². The molecule has 2 N–H and O–H groups in total. The van der Waals surface area contributed by atoms with Gasteiger partial charge in [0.2, 0.25) is 5.91 Å². The summed E-state index contributed by atoms with van der Waals surface area (Å²) in [6.45, 7) is 7.32. The third-order valence-corrected chi connectivity index (χ3v) is 2.37. The molecule has 0 atom stereocenters. The second-order valence-electron chi connectivity index (χ2n) is 3.33. The molecule has 0 aromatic rings. The van der Waals surface area contributed by atoms with Crippen molar-refractivity contribution in [2.45, 2.75) is 13.8 Å². The van der Waals surface area contributed by atoms with Crippen LogP contribution in [0.4, 0.5) is 0 Å². The van der Waals surface area contributed by atoms with Crippen molar-refractivity contribution in [3.05, 3.63) is 0 Å². The Morgan fingerprint density at radius 2 is 1.79 bits per heavy atom. The smallest absolute Gasteiger partial charge is 0.219 e. The van der Waals surface area contributed by atoms with Gasteiger partial charge >= 0.3 is 0 Å². The van der Waals surface area contributed by atoms with Crippen molar-refractivity contribution in [1.82, 2.24) is 9.80 Å². The molecule has 1 aliphatic heterocycles. The van der Waals surface area contributed by atoms with Gasteiger partial charge in [-0.1, -0.05) is 0 Å². The fourth-order valence-electron chi connectivity index (χ4n) is 1.51. The Morgan fingerprint density at radius 1 is 1.29 bits per heavy atom. The van der Waals surface area contributed by atoms with Crippen LogP contribution in [-0.2, 0) is 4.79 Å². The number of amides is 1. The normalized spacial score (nSPS) is 18.6. The van der Waals surface area contributed by atoms with E-state index in [1.54, 1.807) is 6.92 Å². The molecule has 5 nitrogen and oxygen atoms in total. The van der Waals surface area contributed by atoms with Gasteiger partial charge in [0.25, 0.3) is 0 Å². The van der Waals surface area contributed by atoms with Crippen LogP contribution >= 0.6 is 0 Å². The van der Waals surface area contributed by atoms with Crippen LogP contribution < -0.4 is 5.73 Å². The van der Waals surface area contributed by atoms with Crippen LogP contribution in [-0.4, -0.2) is 54.4 Å². The van der Waals surface area contributed by atoms with E-state index in [1.807, 2.05) is 16.7 Å². The molecule has 1 heterocycles. The van der Waals surface area contributed by atoms with Gasteiger partial charge in [-0.05, 0) is 6.92 Å². The van der Waals surface area contributed by atoms with Crippen LogP contribution in [0, 0.1) is 0 Å². The number of rotatable bonds is 1. The first-order chi connectivity index (χ1) is 6.65. The minimum absolute atomic E-state index is 0.135. The van der Waals surface area contributed by atoms with Crippen molar-refractivity contribution < 1.29 is 4.79 Å². The van der Waals surface area contributed by atoms with Gasteiger partial charge in [0.15, 0.2) is 5.96 Å². The molecular weight excluding hydrogens is 180 g/mol. The van der Waals surface area contributed by atoms with Crippen LogP contribution in [0.3, 0.4) is 0 Å². The Morgan fingerprint density at radius 3 is 2.21 bits per heavy atom. The van der Waals surface area contributed by atoms with E-state index < -0.39 is 0 Å². The Hall–Kier alpha value is -1.26. The Balaban J connectivity index is 2.43. The first-order valence-electron chi connectivity index (χ1n) is 4.95. The lowest BCUT2D eigenvalue weighted by atomic mass is 10.3. The average Bonchev–Trinajstić information content (AvgIpc) is 2.18. The molecule has 0 spiro atoms. The highest BCUT2D eigenvalue weighted by Crippen LogP contribution is 2.01. The van der Waals surface area contributed by atoms with Crippen molar-refractivity contribution in [2.75, 3.05) is 32.7 Å². The predicted octanol–water partition coefficient (Wildman–Crippen LogP) is -0.515. The van der Waals surface area contributed by atoms with Crippen molar-refractivity contribution in [3.63, 3.8) is 0 Å². The molecule has 1 rings (SSSR count). The van der Waals surface area contributed by atoms with Gasteiger partial charge in [-0.3, -0.25) is 9.79 Å². The zero-order chi connectivity index (χ0) is 10.6. The summed E-state index contributed by atoms with van der Waals surface area (Å²) in [5, 5.41) is 0. The van der Waals surface area contributed by atoms with E-state index in [-0.39, 0.29) is 5.91 Å². The molecule has 0 unspecified atom stereocenters. The lowest BCUT2D eigenvalue weighted by Crippen LogP contribution is -2.52. The molecule has 14 heavy (non-hydrogen) atoms.